The summed E-state index contributed by atoms with van der Waals surface area (Å²) in [5.41, 5.74) is 8.10. The molecule has 0 amide bonds. The van der Waals surface area contributed by atoms with Crippen LogP contribution in [0.15, 0.2) is 34.9 Å². The predicted octanol–water partition coefficient (Wildman–Crippen LogP) is 3.04. The molecular weight excluding hydrogens is 318 g/mol. The third-order valence-electron chi connectivity index (χ3n) is 3.17. The molecule has 0 saturated carbocycles. The van der Waals surface area contributed by atoms with E-state index in [1.54, 1.807) is 4.68 Å². The fraction of sp³-hybridized carbons (Fsp3) is 0.400. The van der Waals surface area contributed by atoms with Gasteiger partial charge in [0, 0.05) is 23.8 Å². The Bertz CT molecular complexity index is 568. The van der Waals surface area contributed by atoms with Crippen molar-refractivity contribution in [2.24, 2.45) is 12.8 Å². The molecule has 0 spiro atoms. The van der Waals surface area contributed by atoms with Gasteiger partial charge >= 0.3 is 0 Å². The van der Waals surface area contributed by atoms with Gasteiger partial charge in [0.05, 0.1) is 5.69 Å². The molecule has 4 nitrogen and oxygen atoms in total. The fourth-order valence-electron chi connectivity index (χ4n) is 1.97. The van der Waals surface area contributed by atoms with E-state index >= 15 is 0 Å². The van der Waals surface area contributed by atoms with Crippen LogP contribution in [0.3, 0.4) is 0 Å². The maximum Gasteiger partial charge on any atom is 0.132 e. The van der Waals surface area contributed by atoms with Crippen molar-refractivity contribution in [2.45, 2.75) is 32.4 Å². The van der Waals surface area contributed by atoms with Crippen LogP contribution in [0.4, 0.5) is 0 Å². The van der Waals surface area contributed by atoms with E-state index < -0.39 is 0 Å². The molecule has 20 heavy (non-hydrogen) atoms. The van der Waals surface area contributed by atoms with E-state index in [0.29, 0.717) is 6.61 Å². The number of benzene rings is 1. The first-order chi connectivity index (χ1) is 9.58. The zero-order valence-electron chi connectivity index (χ0n) is 11.8. The van der Waals surface area contributed by atoms with E-state index in [0.717, 1.165) is 34.3 Å². The summed E-state index contributed by atoms with van der Waals surface area (Å²) in [4.78, 5) is 0. The lowest BCUT2D eigenvalue weighted by Gasteiger charge is -2.14. The van der Waals surface area contributed by atoms with Gasteiger partial charge in [0.2, 0.25) is 0 Å². The van der Waals surface area contributed by atoms with Crippen LogP contribution in [0.5, 0.6) is 5.75 Å². The SMILES string of the molecule is CCC(N)Cc1cc(Br)ccc1OCc1ccn(C)n1. The van der Waals surface area contributed by atoms with Crippen molar-refractivity contribution in [1.82, 2.24) is 9.78 Å². The summed E-state index contributed by atoms with van der Waals surface area (Å²) in [6.45, 7) is 2.56. The van der Waals surface area contributed by atoms with Gasteiger partial charge in [-0.1, -0.05) is 22.9 Å². The molecule has 2 rings (SSSR count). The molecule has 0 saturated heterocycles. The summed E-state index contributed by atoms with van der Waals surface area (Å²) in [7, 11) is 1.90. The van der Waals surface area contributed by atoms with Crippen molar-refractivity contribution in [3.8, 4) is 5.75 Å². The van der Waals surface area contributed by atoms with Gasteiger partial charge < -0.3 is 10.5 Å². The topological polar surface area (TPSA) is 53.1 Å². The highest BCUT2D eigenvalue weighted by Crippen LogP contribution is 2.25. The second-order valence-electron chi connectivity index (χ2n) is 4.89. The normalized spacial score (nSPS) is 12.4. The number of hydrogen-bond donors (Lipinski definition) is 1. The van der Waals surface area contributed by atoms with Crippen LogP contribution in [0.25, 0.3) is 0 Å². The molecule has 0 aliphatic heterocycles. The standard InChI is InChI=1S/C15H20BrN3O/c1-3-13(17)9-11-8-12(16)4-5-15(11)20-10-14-6-7-19(2)18-14/h4-8,13H,3,9-10,17H2,1-2H3. The summed E-state index contributed by atoms with van der Waals surface area (Å²) in [6.07, 6.45) is 3.67. The lowest BCUT2D eigenvalue weighted by molar-refractivity contribution is 0.296. The molecule has 1 aromatic carbocycles. The molecule has 0 bridgehead atoms. The van der Waals surface area contributed by atoms with Crippen LogP contribution in [-0.2, 0) is 20.1 Å². The maximum absolute atomic E-state index is 6.05. The highest BCUT2D eigenvalue weighted by Gasteiger charge is 2.09. The zero-order chi connectivity index (χ0) is 14.5. The molecule has 0 fully saturated rings. The number of nitrogens with two attached hydrogens (primary N) is 1. The van der Waals surface area contributed by atoms with E-state index in [1.807, 2.05) is 31.4 Å². The average molecular weight is 338 g/mol. The second-order valence-corrected chi connectivity index (χ2v) is 5.81. The summed E-state index contributed by atoms with van der Waals surface area (Å²) in [6, 6.07) is 8.14. The number of aryl methyl sites for hydroxylation is 1. The molecule has 0 aliphatic carbocycles. The first-order valence-corrected chi connectivity index (χ1v) is 7.53. The smallest absolute Gasteiger partial charge is 0.132 e. The lowest BCUT2D eigenvalue weighted by atomic mass is 10.0. The summed E-state index contributed by atoms with van der Waals surface area (Å²) in [5.74, 6) is 0.878. The molecule has 1 aromatic heterocycles. The number of ether oxygens (including phenoxy) is 1. The predicted molar refractivity (Wildman–Crippen MR) is 83.7 cm³/mol. The number of rotatable bonds is 6. The van der Waals surface area contributed by atoms with Crippen LogP contribution < -0.4 is 10.5 Å². The zero-order valence-corrected chi connectivity index (χ0v) is 13.4. The van der Waals surface area contributed by atoms with E-state index in [2.05, 4.69) is 34.0 Å². The van der Waals surface area contributed by atoms with Gasteiger partial charge in [-0.05, 0) is 42.7 Å². The molecule has 1 unspecified atom stereocenters. The first-order valence-electron chi connectivity index (χ1n) is 6.73. The number of hydrogen-bond acceptors (Lipinski definition) is 3. The minimum absolute atomic E-state index is 0.154. The Balaban J connectivity index is 2.09. The third kappa shape index (κ3) is 4.08. The quantitative estimate of drug-likeness (QED) is 0.881. The Kier molecular flexibility index (Phi) is 5.20. The van der Waals surface area contributed by atoms with Gasteiger partial charge in [-0.25, -0.2) is 0 Å². The van der Waals surface area contributed by atoms with Crippen LogP contribution in [0, 0.1) is 0 Å². The number of halogens is 1. The van der Waals surface area contributed by atoms with E-state index in [9.17, 15) is 0 Å². The molecule has 2 aromatic rings. The van der Waals surface area contributed by atoms with Gasteiger partial charge in [-0.2, -0.15) is 5.10 Å². The first kappa shape index (κ1) is 15.1. The van der Waals surface area contributed by atoms with E-state index in [-0.39, 0.29) is 6.04 Å². The van der Waals surface area contributed by atoms with Gasteiger partial charge in [-0.3, -0.25) is 4.68 Å². The third-order valence-corrected chi connectivity index (χ3v) is 3.67. The average Bonchev–Trinajstić information content (AvgIpc) is 2.83. The summed E-state index contributed by atoms with van der Waals surface area (Å²) >= 11 is 3.50. The van der Waals surface area contributed by atoms with Crippen LogP contribution in [-0.4, -0.2) is 15.8 Å². The molecule has 2 N–H and O–H groups in total. The maximum atomic E-state index is 6.05. The lowest BCUT2D eigenvalue weighted by Crippen LogP contribution is -2.21. The Labute approximate surface area is 128 Å². The van der Waals surface area contributed by atoms with Crippen molar-refractivity contribution in [3.63, 3.8) is 0 Å². The molecule has 5 heteroatoms. The number of nitrogens with zero attached hydrogens (tertiary/aromatic N) is 2. The largest absolute Gasteiger partial charge is 0.487 e. The van der Waals surface area contributed by atoms with Gasteiger partial charge in [0.25, 0.3) is 0 Å². The fourth-order valence-corrected chi connectivity index (χ4v) is 2.38. The minimum atomic E-state index is 0.154. The molecule has 0 radical (unpaired) electrons. The van der Waals surface area contributed by atoms with Crippen LogP contribution >= 0.6 is 15.9 Å². The van der Waals surface area contributed by atoms with Crippen LogP contribution in [0.1, 0.15) is 24.6 Å². The van der Waals surface area contributed by atoms with E-state index in [4.69, 9.17) is 10.5 Å². The van der Waals surface area contributed by atoms with Crippen molar-refractivity contribution in [1.29, 1.82) is 0 Å². The molecule has 1 atom stereocenters. The Morgan fingerprint density at radius 3 is 2.85 bits per heavy atom. The number of aromatic nitrogens is 2. The second kappa shape index (κ2) is 6.90. The van der Waals surface area contributed by atoms with Gasteiger partial charge in [0.1, 0.15) is 12.4 Å². The van der Waals surface area contributed by atoms with Gasteiger partial charge in [-0.15, -0.1) is 0 Å². The molecular formula is C15H20BrN3O. The van der Waals surface area contributed by atoms with E-state index in [1.165, 1.54) is 0 Å². The molecule has 0 aliphatic rings. The van der Waals surface area contributed by atoms with Gasteiger partial charge in [0.15, 0.2) is 0 Å². The minimum Gasteiger partial charge on any atom is -0.487 e. The van der Waals surface area contributed by atoms with Crippen molar-refractivity contribution in [2.75, 3.05) is 0 Å². The summed E-state index contributed by atoms with van der Waals surface area (Å²) in [5, 5.41) is 4.31. The van der Waals surface area contributed by atoms with Crippen molar-refractivity contribution in [3.05, 3.63) is 46.2 Å². The Hall–Kier alpha value is -1.33. The highest BCUT2D eigenvalue weighted by molar-refractivity contribution is 9.10. The summed E-state index contributed by atoms with van der Waals surface area (Å²) < 4.78 is 8.70. The van der Waals surface area contributed by atoms with Crippen molar-refractivity contribution < 1.29 is 4.74 Å². The van der Waals surface area contributed by atoms with Crippen molar-refractivity contribution >= 4 is 15.9 Å². The highest BCUT2D eigenvalue weighted by atomic mass is 79.9. The molecule has 108 valence electrons. The monoisotopic (exact) mass is 337 g/mol. The Morgan fingerprint density at radius 1 is 1.40 bits per heavy atom. The van der Waals surface area contributed by atoms with Crippen LogP contribution in [0.2, 0.25) is 0 Å². The Morgan fingerprint density at radius 2 is 2.20 bits per heavy atom. The molecule has 1 heterocycles.